The third-order valence-corrected chi connectivity index (χ3v) is 8.19. The number of sulfonamides is 1. The summed E-state index contributed by atoms with van der Waals surface area (Å²) in [6.45, 7) is 6.80. The van der Waals surface area contributed by atoms with E-state index in [0.717, 1.165) is 32.5 Å². The Bertz CT molecular complexity index is 1040. The lowest BCUT2D eigenvalue weighted by molar-refractivity contribution is -0.117. The Kier molecular flexibility index (Phi) is 6.19. The Balaban J connectivity index is 1.55. The molecule has 7 heteroatoms. The Morgan fingerprint density at radius 1 is 1.06 bits per heavy atom. The van der Waals surface area contributed by atoms with Crippen molar-refractivity contribution in [2.45, 2.75) is 38.1 Å². The molecule has 0 saturated carbocycles. The number of hydrogen-bond acceptors (Lipinski definition) is 5. The van der Waals surface area contributed by atoms with Gasteiger partial charge >= 0.3 is 0 Å². The number of carbonyl (C=O) groups is 1. The number of fused-ring (bicyclic) bond motifs is 1. The average Bonchev–Trinajstić information content (AvgIpc) is 2.74. The summed E-state index contributed by atoms with van der Waals surface area (Å²) in [4.78, 5) is 14.5. The van der Waals surface area contributed by atoms with Crippen LogP contribution in [0.5, 0.6) is 5.75 Å². The minimum absolute atomic E-state index is 0.106. The van der Waals surface area contributed by atoms with E-state index < -0.39 is 10.0 Å². The van der Waals surface area contributed by atoms with Gasteiger partial charge in [0.15, 0.2) is 0 Å². The van der Waals surface area contributed by atoms with Crippen LogP contribution in [0.25, 0.3) is 0 Å². The van der Waals surface area contributed by atoms with Crippen LogP contribution in [0.15, 0.2) is 53.4 Å². The highest BCUT2D eigenvalue weighted by Crippen LogP contribution is 2.39. The second kappa shape index (κ2) is 8.73. The van der Waals surface area contributed by atoms with Crippen molar-refractivity contribution < 1.29 is 17.9 Å². The first kappa shape index (κ1) is 22.0. The third-order valence-electron chi connectivity index (χ3n) is 6.36. The van der Waals surface area contributed by atoms with Crippen LogP contribution in [-0.4, -0.2) is 56.2 Å². The van der Waals surface area contributed by atoms with Gasteiger partial charge in [-0.3, -0.25) is 9.69 Å². The first-order valence-electron chi connectivity index (χ1n) is 10.8. The van der Waals surface area contributed by atoms with Crippen molar-refractivity contribution in [1.82, 2.24) is 9.21 Å². The van der Waals surface area contributed by atoms with Crippen molar-refractivity contribution in [2.75, 3.05) is 32.8 Å². The van der Waals surface area contributed by atoms with E-state index in [0.29, 0.717) is 18.9 Å². The summed E-state index contributed by atoms with van der Waals surface area (Å²) in [6.07, 6.45) is 1.65. The third kappa shape index (κ3) is 4.84. The molecule has 31 heavy (non-hydrogen) atoms. The molecule has 0 unspecified atom stereocenters. The van der Waals surface area contributed by atoms with E-state index in [4.69, 9.17) is 4.74 Å². The quantitative estimate of drug-likeness (QED) is 0.727. The first-order valence-corrected chi connectivity index (χ1v) is 12.2. The number of ether oxygens (including phenoxy) is 1. The normalized spacial score (nSPS) is 21.0. The summed E-state index contributed by atoms with van der Waals surface area (Å²) in [5.41, 5.74) is 2.23. The molecule has 4 rings (SSSR count). The number of nitrogens with zero attached hydrogens (tertiary/aromatic N) is 2. The van der Waals surface area contributed by atoms with Gasteiger partial charge in [-0.1, -0.05) is 42.0 Å². The zero-order valence-corrected chi connectivity index (χ0v) is 19.0. The molecule has 2 aliphatic heterocycles. The molecule has 0 amide bonds. The summed E-state index contributed by atoms with van der Waals surface area (Å²) < 4.78 is 34.1. The van der Waals surface area contributed by atoms with Gasteiger partial charge in [0, 0.05) is 18.5 Å². The monoisotopic (exact) mass is 442 g/mol. The lowest BCUT2D eigenvalue weighted by Gasteiger charge is -2.44. The lowest BCUT2D eigenvalue weighted by Crippen LogP contribution is -2.52. The zero-order valence-electron chi connectivity index (χ0n) is 18.2. The van der Waals surface area contributed by atoms with Gasteiger partial charge in [0.1, 0.15) is 16.4 Å². The number of likely N-dealkylation sites (tertiary alicyclic amines) is 1. The maximum atomic E-state index is 13.4. The number of para-hydroxylation sites is 1. The molecular weight excluding hydrogens is 412 g/mol. The standard InChI is InChI=1S/C24H30N2O4S/c1-19-7-9-21(10-8-19)16-25-13-11-24(12-14-25)17-26(15-20(2)27)31(28,29)23-6-4-3-5-22(23)30-18-24/h3-10H,11-18H2,1-2H3. The van der Waals surface area contributed by atoms with Crippen LogP contribution in [0.3, 0.4) is 0 Å². The highest BCUT2D eigenvalue weighted by atomic mass is 32.2. The molecule has 1 saturated heterocycles. The van der Waals surface area contributed by atoms with E-state index in [2.05, 4.69) is 36.1 Å². The van der Waals surface area contributed by atoms with Gasteiger partial charge in [-0.05, 0) is 57.5 Å². The molecule has 166 valence electrons. The maximum absolute atomic E-state index is 13.4. The number of rotatable bonds is 4. The summed E-state index contributed by atoms with van der Waals surface area (Å²) in [7, 11) is -3.81. The molecule has 0 aliphatic carbocycles. The van der Waals surface area contributed by atoms with Crippen LogP contribution in [-0.2, 0) is 21.4 Å². The van der Waals surface area contributed by atoms with Gasteiger partial charge in [-0.2, -0.15) is 4.31 Å². The lowest BCUT2D eigenvalue weighted by atomic mass is 9.78. The predicted molar refractivity (Wildman–Crippen MR) is 119 cm³/mol. The van der Waals surface area contributed by atoms with Crippen LogP contribution in [0.1, 0.15) is 30.9 Å². The Morgan fingerprint density at radius 3 is 2.42 bits per heavy atom. The fraction of sp³-hybridized carbons (Fsp3) is 0.458. The van der Waals surface area contributed by atoms with Crippen molar-refractivity contribution in [3.8, 4) is 5.75 Å². The van der Waals surface area contributed by atoms with E-state index in [9.17, 15) is 13.2 Å². The topological polar surface area (TPSA) is 66.9 Å². The number of Topliss-reactive ketones (excluding diaryl/α,β-unsaturated/α-hetero) is 1. The van der Waals surface area contributed by atoms with Gasteiger partial charge in [0.2, 0.25) is 10.0 Å². The molecule has 0 atom stereocenters. The Labute approximate surface area is 184 Å². The van der Waals surface area contributed by atoms with Crippen molar-refractivity contribution >= 4 is 15.8 Å². The number of aryl methyl sites for hydroxylation is 1. The summed E-state index contributed by atoms with van der Waals surface area (Å²) >= 11 is 0. The second-order valence-corrected chi connectivity index (χ2v) is 10.9. The summed E-state index contributed by atoms with van der Waals surface area (Å²) in [6, 6.07) is 15.3. The highest BCUT2D eigenvalue weighted by Gasteiger charge is 2.43. The first-order chi connectivity index (χ1) is 14.8. The van der Waals surface area contributed by atoms with Crippen LogP contribution < -0.4 is 4.74 Å². The molecule has 2 aromatic carbocycles. The van der Waals surface area contributed by atoms with Crippen molar-refractivity contribution in [2.24, 2.45) is 5.41 Å². The highest BCUT2D eigenvalue weighted by molar-refractivity contribution is 7.89. The van der Waals surface area contributed by atoms with E-state index in [1.165, 1.54) is 22.4 Å². The van der Waals surface area contributed by atoms with Crippen molar-refractivity contribution in [1.29, 1.82) is 0 Å². The molecular formula is C24H30N2O4S. The fourth-order valence-electron chi connectivity index (χ4n) is 4.49. The molecule has 1 spiro atoms. The summed E-state index contributed by atoms with van der Waals surface area (Å²) in [5.74, 6) is 0.215. The maximum Gasteiger partial charge on any atom is 0.247 e. The Hall–Kier alpha value is -2.22. The van der Waals surface area contributed by atoms with Gasteiger partial charge < -0.3 is 4.74 Å². The van der Waals surface area contributed by atoms with Gasteiger partial charge in [0.05, 0.1) is 13.2 Å². The molecule has 0 radical (unpaired) electrons. The minimum Gasteiger partial charge on any atom is -0.492 e. The van der Waals surface area contributed by atoms with Crippen LogP contribution in [0.2, 0.25) is 0 Å². The smallest absolute Gasteiger partial charge is 0.247 e. The minimum atomic E-state index is -3.81. The zero-order chi connectivity index (χ0) is 22.1. The molecule has 2 heterocycles. The Morgan fingerprint density at radius 2 is 1.74 bits per heavy atom. The number of piperidine rings is 1. The van der Waals surface area contributed by atoms with E-state index in [1.54, 1.807) is 24.3 Å². The van der Waals surface area contributed by atoms with Crippen LogP contribution >= 0.6 is 0 Å². The predicted octanol–water partition coefficient (Wildman–Crippen LogP) is 3.25. The summed E-state index contributed by atoms with van der Waals surface area (Å²) in [5, 5.41) is 0. The molecule has 6 nitrogen and oxygen atoms in total. The molecule has 1 fully saturated rings. The second-order valence-electron chi connectivity index (χ2n) is 8.97. The molecule has 2 aromatic rings. The molecule has 0 aromatic heterocycles. The molecule has 0 N–H and O–H groups in total. The molecule has 2 aliphatic rings. The van der Waals surface area contributed by atoms with Gasteiger partial charge in [-0.15, -0.1) is 0 Å². The van der Waals surface area contributed by atoms with Crippen molar-refractivity contribution in [3.05, 3.63) is 59.7 Å². The molecule has 0 bridgehead atoms. The van der Waals surface area contributed by atoms with E-state index in [1.807, 2.05) is 0 Å². The number of carbonyl (C=O) groups excluding carboxylic acids is 1. The van der Waals surface area contributed by atoms with Crippen molar-refractivity contribution in [3.63, 3.8) is 0 Å². The number of ketones is 1. The largest absolute Gasteiger partial charge is 0.492 e. The van der Waals surface area contributed by atoms with E-state index >= 15 is 0 Å². The van der Waals surface area contributed by atoms with Crippen LogP contribution in [0.4, 0.5) is 0 Å². The van der Waals surface area contributed by atoms with E-state index in [-0.39, 0.29) is 22.6 Å². The number of hydrogen-bond donors (Lipinski definition) is 0. The average molecular weight is 443 g/mol. The van der Waals surface area contributed by atoms with Gasteiger partial charge in [0.25, 0.3) is 0 Å². The SMILES string of the molecule is CC(=O)CN1CC2(CCN(Cc3ccc(C)cc3)CC2)COc2ccccc2S1(=O)=O. The fourth-order valence-corrected chi connectivity index (χ4v) is 6.19. The van der Waals surface area contributed by atoms with Crippen LogP contribution in [0, 0.1) is 12.3 Å². The van der Waals surface area contributed by atoms with Gasteiger partial charge in [-0.25, -0.2) is 8.42 Å². The number of benzene rings is 2.